The molecule has 0 aromatic carbocycles. The van der Waals surface area contributed by atoms with Gasteiger partial charge in [0.2, 0.25) is 0 Å². The second-order valence-electron chi connectivity index (χ2n) is 1.83. The molecular weight excluding hydrogens is 158 g/mol. The predicted molar refractivity (Wildman–Crippen MR) is 42.0 cm³/mol. The Morgan fingerprint density at radius 3 is 2.75 bits per heavy atom. The number of hydrogen-bond acceptors (Lipinski definition) is 3. The Kier molecular flexibility index (Phi) is 5.02. The lowest BCUT2D eigenvalue weighted by Gasteiger charge is -1.98. The third kappa shape index (κ3) is 4.06. The maximum Gasteiger partial charge on any atom is 0.318 e. The van der Waals surface area contributed by atoms with E-state index in [1.807, 2.05) is 0 Å². The summed E-state index contributed by atoms with van der Waals surface area (Å²) in [5.41, 5.74) is -0.124. The van der Waals surface area contributed by atoms with Crippen LogP contribution in [0.4, 0.5) is 4.79 Å². The number of urea groups is 1. The number of hydrogen-bond donors (Lipinski definition) is 2. The van der Waals surface area contributed by atoms with Gasteiger partial charge in [-0.05, 0) is 6.92 Å². The van der Waals surface area contributed by atoms with Crippen LogP contribution in [-0.4, -0.2) is 18.9 Å². The monoisotopic (exact) mass is 167 g/mol. The summed E-state index contributed by atoms with van der Waals surface area (Å²) < 4.78 is 0. The first kappa shape index (κ1) is 10.2. The second-order valence-corrected chi connectivity index (χ2v) is 1.83. The van der Waals surface area contributed by atoms with Gasteiger partial charge >= 0.3 is 6.03 Å². The first-order valence-corrected chi connectivity index (χ1v) is 3.34. The van der Waals surface area contributed by atoms with Crippen molar-refractivity contribution < 1.29 is 9.59 Å². The van der Waals surface area contributed by atoms with E-state index in [1.165, 1.54) is 0 Å². The molecule has 0 rings (SSSR count). The highest BCUT2D eigenvalue weighted by molar-refractivity contribution is 5.81. The highest BCUT2D eigenvalue weighted by atomic mass is 16.2. The summed E-state index contributed by atoms with van der Waals surface area (Å²) in [4.78, 5) is 20.7. The van der Waals surface area contributed by atoms with Crippen LogP contribution in [-0.2, 0) is 4.79 Å². The van der Waals surface area contributed by atoms with Crippen molar-refractivity contribution in [2.24, 2.45) is 0 Å². The lowest BCUT2D eigenvalue weighted by atomic mass is 10.4. The van der Waals surface area contributed by atoms with E-state index in [0.29, 0.717) is 12.8 Å². The molecule has 0 bridgehead atoms. The molecule has 12 heavy (non-hydrogen) atoms. The number of nitrogens with zero attached hydrogens (tertiary/aromatic N) is 1. The molecule has 0 saturated carbocycles. The molecule has 2 amide bonds. The quantitative estimate of drug-likeness (QED) is 0.350. The van der Waals surface area contributed by atoms with Crippen LogP contribution in [0, 0.1) is 11.3 Å². The molecule has 0 spiro atoms. The topological polar surface area (TPSA) is 82.0 Å². The summed E-state index contributed by atoms with van der Waals surface area (Å²) in [6.07, 6.45) is 1.42. The molecule has 0 fully saturated rings. The van der Waals surface area contributed by atoms with E-state index in [4.69, 9.17) is 5.26 Å². The number of carbonyl (C=O) groups is 2. The third-order valence-corrected chi connectivity index (χ3v) is 0.952. The highest BCUT2D eigenvalue weighted by Crippen LogP contribution is 1.81. The van der Waals surface area contributed by atoms with Crippen molar-refractivity contribution in [1.29, 1.82) is 5.26 Å². The fourth-order valence-corrected chi connectivity index (χ4v) is 0.448. The zero-order valence-corrected chi connectivity index (χ0v) is 6.63. The fraction of sp³-hybridized carbons (Fsp3) is 0.286. The largest absolute Gasteiger partial charge is 0.338 e. The number of amides is 2. The molecule has 0 aliphatic heterocycles. The second kappa shape index (κ2) is 5.92. The normalized spacial score (nSPS) is 9.83. The Balaban J connectivity index is 3.95. The highest BCUT2D eigenvalue weighted by Gasteiger charge is 1.95. The summed E-state index contributed by atoms with van der Waals surface area (Å²) in [7, 11) is 0. The van der Waals surface area contributed by atoms with Gasteiger partial charge in [0.25, 0.3) is 0 Å². The molecule has 5 heteroatoms. The molecule has 0 heterocycles. The van der Waals surface area contributed by atoms with Gasteiger partial charge in [-0.1, -0.05) is 0 Å². The van der Waals surface area contributed by atoms with E-state index in [0.717, 1.165) is 6.20 Å². The van der Waals surface area contributed by atoms with Gasteiger partial charge in [0.15, 0.2) is 6.29 Å². The van der Waals surface area contributed by atoms with Crippen LogP contribution >= 0.6 is 0 Å². The lowest BCUT2D eigenvalue weighted by molar-refractivity contribution is -0.104. The fourth-order valence-electron chi connectivity index (χ4n) is 0.448. The molecule has 0 aromatic heterocycles. The first-order chi connectivity index (χ1) is 5.74. The predicted octanol–water partition coefficient (Wildman–Crippen LogP) is -0.0881. The molecule has 5 nitrogen and oxygen atoms in total. The first-order valence-electron chi connectivity index (χ1n) is 3.34. The van der Waals surface area contributed by atoms with Crippen molar-refractivity contribution in [3.63, 3.8) is 0 Å². The van der Waals surface area contributed by atoms with Gasteiger partial charge in [-0.15, -0.1) is 0 Å². The summed E-state index contributed by atoms with van der Waals surface area (Å²) in [6.45, 7) is 2.25. The average Bonchev–Trinajstić information content (AvgIpc) is 2.07. The number of rotatable bonds is 3. The van der Waals surface area contributed by atoms with Gasteiger partial charge in [0.1, 0.15) is 11.6 Å². The molecule has 0 saturated heterocycles. The minimum Gasteiger partial charge on any atom is -0.338 e. The number of nitriles is 1. The SMILES string of the molecule is CCNC(=O)N/C=C(\C#N)C=O. The Labute approximate surface area is 70.1 Å². The van der Waals surface area contributed by atoms with Crippen molar-refractivity contribution >= 4 is 12.3 Å². The van der Waals surface area contributed by atoms with Crippen LogP contribution in [0.15, 0.2) is 11.8 Å². The molecule has 0 aromatic rings. The number of carbonyl (C=O) groups excluding carboxylic acids is 2. The van der Waals surface area contributed by atoms with Gasteiger partial charge in [0, 0.05) is 12.7 Å². The molecule has 0 unspecified atom stereocenters. The smallest absolute Gasteiger partial charge is 0.318 e. The van der Waals surface area contributed by atoms with Crippen LogP contribution in [0.1, 0.15) is 6.92 Å². The Morgan fingerprint density at radius 1 is 1.67 bits per heavy atom. The summed E-state index contributed by atoms with van der Waals surface area (Å²) in [5.74, 6) is 0. The minimum absolute atomic E-state index is 0.124. The Bertz CT molecular complexity index is 240. The van der Waals surface area contributed by atoms with Crippen molar-refractivity contribution in [2.75, 3.05) is 6.54 Å². The summed E-state index contributed by atoms with van der Waals surface area (Å²) >= 11 is 0. The molecule has 0 aliphatic carbocycles. The Hall–Kier alpha value is -1.83. The van der Waals surface area contributed by atoms with Gasteiger partial charge in [-0.25, -0.2) is 4.79 Å². The van der Waals surface area contributed by atoms with Gasteiger partial charge in [0.05, 0.1) is 0 Å². The van der Waals surface area contributed by atoms with E-state index in [-0.39, 0.29) is 5.57 Å². The summed E-state index contributed by atoms with van der Waals surface area (Å²) in [6, 6.07) is 1.16. The van der Waals surface area contributed by atoms with Gasteiger partial charge in [-0.2, -0.15) is 5.26 Å². The van der Waals surface area contributed by atoms with E-state index >= 15 is 0 Å². The van der Waals surface area contributed by atoms with Crippen molar-refractivity contribution in [2.45, 2.75) is 6.92 Å². The maximum atomic E-state index is 10.7. The number of allylic oxidation sites excluding steroid dienone is 1. The molecule has 64 valence electrons. The van der Waals surface area contributed by atoms with Crippen molar-refractivity contribution in [3.8, 4) is 6.07 Å². The van der Waals surface area contributed by atoms with E-state index in [1.54, 1.807) is 13.0 Å². The van der Waals surface area contributed by atoms with E-state index < -0.39 is 6.03 Å². The Morgan fingerprint density at radius 2 is 2.33 bits per heavy atom. The minimum atomic E-state index is -0.438. The molecule has 0 atom stereocenters. The third-order valence-electron chi connectivity index (χ3n) is 0.952. The summed E-state index contributed by atoms with van der Waals surface area (Å²) in [5, 5.41) is 12.9. The maximum absolute atomic E-state index is 10.7. The van der Waals surface area contributed by atoms with Crippen LogP contribution in [0.25, 0.3) is 0 Å². The van der Waals surface area contributed by atoms with E-state index in [9.17, 15) is 9.59 Å². The van der Waals surface area contributed by atoms with Crippen LogP contribution in [0.3, 0.4) is 0 Å². The van der Waals surface area contributed by atoms with Gasteiger partial charge in [-0.3, -0.25) is 4.79 Å². The standard InChI is InChI=1S/C7H9N3O2/c1-2-9-7(12)10-4-6(3-8)5-11/h4-5H,2H2,1H3,(H2,9,10,12)/b6-4+. The van der Waals surface area contributed by atoms with Crippen LogP contribution in [0.2, 0.25) is 0 Å². The molecule has 0 aliphatic rings. The van der Waals surface area contributed by atoms with Crippen LogP contribution < -0.4 is 10.6 Å². The molecule has 0 radical (unpaired) electrons. The van der Waals surface area contributed by atoms with Crippen LogP contribution in [0.5, 0.6) is 0 Å². The zero-order chi connectivity index (χ0) is 9.40. The average molecular weight is 167 g/mol. The van der Waals surface area contributed by atoms with E-state index in [2.05, 4.69) is 10.6 Å². The van der Waals surface area contributed by atoms with Crippen molar-refractivity contribution in [1.82, 2.24) is 10.6 Å². The van der Waals surface area contributed by atoms with Crippen molar-refractivity contribution in [3.05, 3.63) is 11.8 Å². The number of aldehydes is 1. The molecular formula is C7H9N3O2. The van der Waals surface area contributed by atoms with Gasteiger partial charge < -0.3 is 10.6 Å². The molecule has 2 N–H and O–H groups in total. The lowest BCUT2D eigenvalue weighted by Crippen LogP contribution is -2.32. The number of nitrogens with one attached hydrogen (secondary N) is 2. The zero-order valence-electron chi connectivity index (χ0n) is 6.63.